The molecule has 112 valence electrons. The lowest BCUT2D eigenvalue weighted by molar-refractivity contribution is -0.133. The first-order chi connectivity index (χ1) is 9.70. The zero-order valence-electron chi connectivity index (χ0n) is 11.7. The molecule has 0 aliphatic carbocycles. The number of aromatic nitrogens is 2. The molecule has 1 aliphatic heterocycles. The maximum Gasteiger partial charge on any atom is 0.222 e. The molecule has 6 nitrogen and oxygen atoms in total. The summed E-state index contributed by atoms with van der Waals surface area (Å²) < 4.78 is 1.83. The van der Waals surface area contributed by atoms with E-state index in [0.717, 1.165) is 25.8 Å². The third-order valence-corrected chi connectivity index (χ3v) is 3.96. The molecule has 20 heavy (non-hydrogen) atoms. The number of hydrogen-bond acceptors (Lipinski definition) is 4. The van der Waals surface area contributed by atoms with E-state index >= 15 is 0 Å². The number of aryl methyl sites for hydroxylation is 1. The Morgan fingerprint density at radius 3 is 2.75 bits per heavy atom. The van der Waals surface area contributed by atoms with Crippen molar-refractivity contribution in [2.24, 2.45) is 5.92 Å². The standard InChI is InChI=1S/C14H23N3O3/c18-11-13(19)12-4-9-16(10-5-12)14(20)3-1-7-17-8-2-6-15-17/h2,6,8,12-13,18-19H,1,3-5,7,9-11H2. The number of piperidine rings is 1. The summed E-state index contributed by atoms with van der Waals surface area (Å²) in [6.45, 7) is 1.94. The van der Waals surface area contributed by atoms with Crippen LogP contribution in [0.4, 0.5) is 0 Å². The van der Waals surface area contributed by atoms with Crippen molar-refractivity contribution in [1.29, 1.82) is 0 Å². The molecule has 2 heterocycles. The molecule has 1 aromatic heterocycles. The van der Waals surface area contributed by atoms with Gasteiger partial charge in [-0.1, -0.05) is 0 Å². The fourth-order valence-corrected chi connectivity index (χ4v) is 2.67. The molecule has 1 aliphatic rings. The fourth-order valence-electron chi connectivity index (χ4n) is 2.67. The van der Waals surface area contributed by atoms with Crippen LogP contribution in [-0.2, 0) is 11.3 Å². The van der Waals surface area contributed by atoms with E-state index in [1.54, 1.807) is 6.20 Å². The van der Waals surface area contributed by atoms with Gasteiger partial charge in [0.05, 0.1) is 12.7 Å². The molecule has 1 fully saturated rings. The van der Waals surface area contributed by atoms with E-state index in [9.17, 15) is 9.90 Å². The van der Waals surface area contributed by atoms with Gasteiger partial charge in [-0.3, -0.25) is 9.48 Å². The number of aliphatic hydroxyl groups is 2. The highest BCUT2D eigenvalue weighted by Crippen LogP contribution is 2.21. The second-order valence-corrected chi connectivity index (χ2v) is 5.34. The van der Waals surface area contributed by atoms with Gasteiger partial charge in [0.2, 0.25) is 5.91 Å². The van der Waals surface area contributed by atoms with Gasteiger partial charge in [-0.15, -0.1) is 0 Å². The van der Waals surface area contributed by atoms with Crippen LogP contribution in [-0.4, -0.2) is 56.6 Å². The van der Waals surface area contributed by atoms with Crippen molar-refractivity contribution in [1.82, 2.24) is 14.7 Å². The molecule has 1 saturated heterocycles. The molecule has 2 rings (SSSR count). The summed E-state index contributed by atoms with van der Waals surface area (Å²) in [6.07, 6.45) is 5.85. The van der Waals surface area contributed by atoms with E-state index in [-0.39, 0.29) is 18.4 Å². The van der Waals surface area contributed by atoms with Gasteiger partial charge < -0.3 is 15.1 Å². The van der Waals surface area contributed by atoms with Crippen molar-refractivity contribution in [2.75, 3.05) is 19.7 Å². The highest BCUT2D eigenvalue weighted by molar-refractivity contribution is 5.76. The third kappa shape index (κ3) is 4.05. The van der Waals surface area contributed by atoms with Crippen molar-refractivity contribution in [3.63, 3.8) is 0 Å². The minimum Gasteiger partial charge on any atom is -0.394 e. The predicted octanol–water partition coefficient (Wildman–Crippen LogP) is 0.255. The fraction of sp³-hybridized carbons (Fsp3) is 0.714. The summed E-state index contributed by atoms with van der Waals surface area (Å²) in [7, 11) is 0. The monoisotopic (exact) mass is 281 g/mol. The Kier molecular flexibility index (Phi) is 5.55. The van der Waals surface area contributed by atoms with Crippen LogP contribution < -0.4 is 0 Å². The Bertz CT molecular complexity index is 400. The summed E-state index contributed by atoms with van der Waals surface area (Å²) in [5.41, 5.74) is 0. The molecule has 6 heteroatoms. The first-order valence-corrected chi connectivity index (χ1v) is 7.25. The van der Waals surface area contributed by atoms with E-state index < -0.39 is 6.10 Å². The number of nitrogens with zero attached hydrogens (tertiary/aromatic N) is 3. The Balaban J connectivity index is 1.66. The first kappa shape index (κ1) is 15.0. The number of hydrogen-bond donors (Lipinski definition) is 2. The van der Waals surface area contributed by atoms with Crippen LogP contribution in [0.5, 0.6) is 0 Å². The topological polar surface area (TPSA) is 78.6 Å². The van der Waals surface area contributed by atoms with Crippen LogP contribution in [0.15, 0.2) is 18.5 Å². The highest BCUT2D eigenvalue weighted by Gasteiger charge is 2.26. The average molecular weight is 281 g/mol. The summed E-state index contributed by atoms with van der Waals surface area (Å²) in [5.74, 6) is 0.294. The van der Waals surface area contributed by atoms with Gasteiger partial charge in [0, 0.05) is 38.4 Å². The van der Waals surface area contributed by atoms with E-state index in [1.165, 1.54) is 0 Å². The zero-order chi connectivity index (χ0) is 14.4. The largest absolute Gasteiger partial charge is 0.394 e. The number of aliphatic hydroxyl groups excluding tert-OH is 2. The summed E-state index contributed by atoms with van der Waals surface area (Å²) in [5, 5.41) is 22.6. The number of amides is 1. The van der Waals surface area contributed by atoms with Gasteiger partial charge in [-0.2, -0.15) is 5.10 Å². The molecule has 0 radical (unpaired) electrons. The average Bonchev–Trinajstić information content (AvgIpc) is 2.99. The normalized spacial score (nSPS) is 18.2. The van der Waals surface area contributed by atoms with Gasteiger partial charge in [0.1, 0.15) is 0 Å². The van der Waals surface area contributed by atoms with Crippen molar-refractivity contribution < 1.29 is 15.0 Å². The van der Waals surface area contributed by atoms with Crippen LogP contribution >= 0.6 is 0 Å². The van der Waals surface area contributed by atoms with Crippen LogP contribution in [0.1, 0.15) is 25.7 Å². The minimum absolute atomic E-state index is 0.119. The molecule has 1 aromatic rings. The molecule has 0 aromatic carbocycles. The number of carbonyl (C=O) groups excluding carboxylic acids is 1. The van der Waals surface area contributed by atoms with E-state index in [0.29, 0.717) is 19.5 Å². The van der Waals surface area contributed by atoms with E-state index in [1.807, 2.05) is 21.8 Å². The molecule has 1 atom stereocenters. The van der Waals surface area contributed by atoms with Crippen molar-refractivity contribution in [2.45, 2.75) is 38.3 Å². The maximum atomic E-state index is 12.1. The molecule has 1 unspecified atom stereocenters. The molecule has 2 N–H and O–H groups in total. The van der Waals surface area contributed by atoms with Gasteiger partial charge in [-0.25, -0.2) is 0 Å². The van der Waals surface area contributed by atoms with Crippen molar-refractivity contribution >= 4 is 5.91 Å². The second kappa shape index (κ2) is 7.40. The molecule has 1 amide bonds. The molecule has 0 spiro atoms. The number of carbonyl (C=O) groups is 1. The predicted molar refractivity (Wildman–Crippen MR) is 73.9 cm³/mol. The van der Waals surface area contributed by atoms with Crippen LogP contribution in [0.25, 0.3) is 0 Å². The number of rotatable bonds is 6. The Morgan fingerprint density at radius 2 is 2.15 bits per heavy atom. The van der Waals surface area contributed by atoms with E-state index in [2.05, 4.69) is 5.10 Å². The Hall–Kier alpha value is -1.40. The molecular weight excluding hydrogens is 258 g/mol. The summed E-state index contributed by atoms with van der Waals surface area (Å²) >= 11 is 0. The zero-order valence-corrected chi connectivity index (χ0v) is 11.7. The lowest BCUT2D eigenvalue weighted by atomic mass is 9.91. The highest BCUT2D eigenvalue weighted by atomic mass is 16.3. The number of likely N-dealkylation sites (tertiary alicyclic amines) is 1. The minimum atomic E-state index is -0.646. The van der Waals surface area contributed by atoms with Gasteiger partial charge >= 0.3 is 0 Å². The van der Waals surface area contributed by atoms with Crippen molar-refractivity contribution in [3.05, 3.63) is 18.5 Å². The van der Waals surface area contributed by atoms with Gasteiger partial charge in [0.25, 0.3) is 0 Å². The van der Waals surface area contributed by atoms with Gasteiger partial charge in [-0.05, 0) is 31.2 Å². The lowest BCUT2D eigenvalue weighted by Crippen LogP contribution is -2.42. The first-order valence-electron chi connectivity index (χ1n) is 7.25. The van der Waals surface area contributed by atoms with Gasteiger partial charge in [0.15, 0.2) is 0 Å². The van der Waals surface area contributed by atoms with E-state index in [4.69, 9.17) is 5.11 Å². The molecular formula is C14H23N3O3. The SMILES string of the molecule is O=C(CCCn1cccn1)N1CCC(C(O)CO)CC1. The summed E-state index contributed by atoms with van der Waals surface area (Å²) in [6, 6.07) is 1.87. The third-order valence-electron chi connectivity index (χ3n) is 3.96. The van der Waals surface area contributed by atoms with Crippen molar-refractivity contribution in [3.8, 4) is 0 Å². The van der Waals surface area contributed by atoms with Crippen LogP contribution in [0.2, 0.25) is 0 Å². The maximum absolute atomic E-state index is 12.1. The summed E-state index contributed by atoms with van der Waals surface area (Å²) in [4.78, 5) is 13.9. The smallest absolute Gasteiger partial charge is 0.222 e. The Labute approximate surface area is 119 Å². The molecule has 0 saturated carbocycles. The molecule has 0 bridgehead atoms. The lowest BCUT2D eigenvalue weighted by Gasteiger charge is -2.33. The Morgan fingerprint density at radius 1 is 1.40 bits per heavy atom. The van der Waals surface area contributed by atoms with Crippen LogP contribution in [0.3, 0.4) is 0 Å². The quantitative estimate of drug-likeness (QED) is 0.784. The van der Waals surface area contributed by atoms with Crippen LogP contribution in [0, 0.1) is 5.92 Å². The second-order valence-electron chi connectivity index (χ2n) is 5.34.